The SMILES string of the molecule is CCCCC/C=C\C/C=C\C/C=C\CCCCCCCCCCC(=O)NC(COP(=O)(O)OCC[N+](C)(C)C)C(/C=C/CCCCCCCCCCC)OC(=O)CCCCCCCCCCCCCCCCCCCCCCC. The van der Waals surface area contributed by atoms with E-state index in [1.165, 1.54) is 212 Å². The van der Waals surface area contributed by atoms with Crippen molar-refractivity contribution in [3.63, 3.8) is 0 Å². The number of quaternary nitrogens is 1. The van der Waals surface area contributed by atoms with Crippen LogP contribution in [-0.4, -0.2) is 74.3 Å². The number of nitrogens with zero attached hydrogens (tertiary/aromatic N) is 1. The smallest absolute Gasteiger partial charge is 0.456 e. The van der Waals surface area contributed by atoms with Crippen molar-refractivity contribution >= 4 is 19.7 Å². The van der Waals surface area contributed by atoms with Gasteiger partial charge in [-0.15, -0.1) is 0 Å². The third-order valence-electron chi connectivity index (χ3n) is 15.3. The van der Waals surface area contributed by atoms with Crippen LogP contribution in [0.1, 0.15) is 329 Å². The molecule has 0 aliphatic rings. The summed E-state index contributed by atoms with van der Waals surface area (Å²) in [5.74, 6) is -0.499. The first kappa shape index (κ1) is 77.0. The van der Waals surface area contributed by atoms with Gasteiger partial charge in [0.15, 0.2) is 0 Å². The summed E-state index contributed by atoms with van der Waals surface area (Å²) >= 11 is 0. The lowest BCUT2D eigenvalue weighted by atomic mass is 10.0. The van der Waals surface area contributed by atoms with Crippen molar-refractivity contribution in [2.75, 3.05) is 40.9 Å². The van der Waals surface area contributed by atoms with Crippen molar-refractivity contribution in [3.8, 4) is 0 Å². The molecule has 0 aliphatic carbocycles. The minimum atomic E-state index is -4.45. The zero-order valence-corrected chi connectivity index (χ0v) is 54.0. The number of hydrogen-bond donors (Lipinski definition) is 2. The Morgan fingerprint density at radius 2 is 0.772 bits per heavy atom. The van der Waals surface area contributed by atoms with Gasteiger partial charge in [-0.25, -0.2) is 4.57 Å². The van der Waals surface area contributed by atoms with E-state index >= 15 is 0 Å². The van der Waals surface area contributed by atoms with Crippen LogP contribution in [-0.2, 0) is 27.9 Å². The van der Waals surface area contributed by atoms with Gasteiger partial charge < -0.3 is 19.4 Å². The standard InChI is InChI=1S/C69H131N2O7P/c1-7-10-13-16-19-22-25-27-29-31-33-35-37-39-41-43-46-49-52-55-58-61-68(72)70-66(65-77-79(74,75)76-64-63-71(4,5)6)67(60-57-54-51-48-45-24-21-18-15-12-9-3)78-69(73)62-59-56-53-50-47-44-42-40-38-36-34-32-30-28-26-23-20-17-14-11-8-2/h19,22,27,29,33,35,57,60,66-67H,7-18,20-21,23-26,28,30-32,34,36-56,58-59,61-65H2,1-6H3,(H-,70,72,74,75)/p+1/b22-19-,29-27-,35-33-,60-57+. The Bertz CT molecular complexity index is 1490. The molecule has 0 saturated heterocycles. The molecule has 3 atom stereocenters. The van der Waals surface area contributed by atoms with Gasteiger partial charge in [-0.2, -0.15) is 0 Å². The summed E-state index contributed by atoms with van der Waals surface area (Å²) in [6.07, 6.45) is 74.0. The molecular weight excluding hydrogens is 1000 g/mol. The monoisotopic (exact) mass is 1130 g/mol. The molecule has 464 valence electrons. The van der Waals surface area contributed by atoms with Crippen LogP contribution in [0.25, 0.3) is 0 Å². The van der Waals surface area contributed by atoms with E-state index in [1.807, 2.05) is 33.3 Å². The van der Waals surface area contributed by atoms with Crippen molar-refractivity contribution in [2.24, 2.45) is 0 Å². The van der Waals surface area contributed by atoms with Crippen molar-refractivity contribution in [1.29, 1.82) is 0 Å². The van der Waals surface area contributed by atoms with Gasteiger partial charge in [0, 0.05) is 12.8 Å². The van der Waals surface area contributed by atoms with Gasteiger partial charge in [-0.1, -0.05) is 294 Å². The summed E-state index contributed by atoms with van der Waals surface area (Å²) in [6.45, 7) is 7.02. The number of phosphoric ester groups is 1. The molecule has 9 nitrogen and oxygen atoms in total. The molecule has 0 heterocycles. The quantitative estimate of drug-likeness (QED) is 0.0205. The topological polar surface area (TPSA) is 111 Å². The van der Waals surface area contributed by atoms with Crippen molar-refractivity contribution in [2.45, 2.75) is 341 Å². The number of ether oxygens (including phenoxy) is 1. The normalized spacial score (nSPS) is 13.9. The second-order valence-corrected chi connectivity index (χ2v) is 25.8. The van der Waals surface area contributed by atoms with Crippen LogP contribution in [0.2, 0.25) is 0 Å². The highest BCUT2D eigenvalue weighted by atomic mass is 31.2. The molecule has 0 bridgehead atoms. The lowest BCUT2D eigenvalue weighted by Crippen LogP contribution is -2.47. The van der Waals surface area contributed by atoms with E-state index in [-0.39, 0.29) is 25.1 Å². The summed E-state index contributed by atoms with van der Waals surface area (Å²) in [5.41, 5.74) is 0. The molecule has 79 heavy (non-hydrogen) atoms. The summed E-state index contributed by atoms with van der Waals surface area (Å²) in [7, 11) is 1.50. The van der Waals surface area contributed by atoms with Crippen molar-refractivity contribution < 1.29 is 37.3 Å². The molecule has 0 aliphatic heterocycles. The molecule has 0 aromatic heterocycles. The first-order valence-electron chi connectivity index (χ1n) is 34.0. The average molecular weight is 1130 g/mol. The van der Waals surface area contributed by atoms with Crippen LogP contribution in [0.3, 0.4) is 0 Å². The average Bonchev–Trinajstić information content (AvgIpc) is 3.41. The van der Waals surface area contributed by atoms with E-state index in [2.05, 4.69) is 62.5 Å². The highest BCUT2D eigenvalue weighted by Gasteiger charge is 2.30. The molecule has 0 saturated carbocycles. The van der Waals surface area contributed by atoms with Gasteiger partial charge in [0.2, 0.25) is 5.91 Å². The van der Waals surface area contributed by atoms with Gasteiger partial charge in [-0.3, -0.25) is 18.6 Å². The van der Waals surface area contributed by atoms with Gasteiger partial charge in [0.05, 0.1) is 33.8 Å². The Morgan fingerprint density at radius 3 is 1.18 bits per heavy atom. The Balaban J connectivity index is 5.09. The molecule has 10 heteroatoms. The lowest BCUT2D eigenvalue weighted by molar-refractivity contribution is -0.870. The van der Waals surface area contributed by atoms with Gasteiger partial charge in [0.25, 0.3) is 0 Å². The summed E-state index contributed by atoms with van der Waals surface area (Å²) in [5, 5.41) is 3.06. The van der Waals surface area contributed by atoms with Crippen molar-refractivity contribution in [3.05, 3.63) is 48.6 Å². The number of allylic oxidation sites excluding steroid dienone is 7. The van der Waals surface area contributed by atoms with Crippen LogP contribution in [0, 0.1) is 0 Å². The molecule has 0 spiro atoms. The van der Waals surface area contributed by atoms with Crippen LogP contribution in [0.5, 0.6) is 0 Å². The highest BCUT2D eigenvalue weighted by Crippen LogP contribution is 2.43. The Hall–Kier alpha value is -2.03. The number of amides is 1. The van der Waals surface area contributed by atoms with E-state index in [1.54, 1.807) is 0 Å². The summed E-state index contributed by atoms with van der Waals surface area (Å²) in [6, 6.07) is -0.850. The molecule has 3 unspecified atom stereocenters. The molecular formula is C69H132N2O7P+. The number of unbranched alkanes of at least 4 members (excludes halogenated alkanes) is 40. The second-order valence-electron chi connectivity index (χ2n) is 24.4. The number of esters is 1. The third-order valence-corrected chi connectivity index (χ3v) is 16.3. The van der Waals surface area contributed by atoms with E-state index in [9.17, 15) is 19.0 Å². The van der Waals surface area contributed by atoms with Crippen molar-refractivity contribution in [1.82, 2.24) is 5.32 Å². The van der Waals surface area contributed by atoms with Crippen LogP contribution < -0.4 is 5.32 Å². The number of hydrogen-bond acceptors (Lipinski definition) is 6. The van der Waals surface area contributed by atoms with E-state index in [4.69, 9.17) is 13.8 Å². The Morgan fingerprint density at radius 1 is 0.443 bits per heavy atom. The van der Waals surface area contributed by atoms with Gasteiger partial charge >= 0.3 is 13.8 Å². The van der Waals surface area contributed by atoms with E-state index in [0.717, 1.165) is 83.5 Å². The molecule has 0 fully saturated rings. The van der Waals surface area contributed by atoms with Crippen LogP contribution in [0.4, 0.5) is 0 Å². The maximum absolute atomic E-state index is 13.6. The highest BCUT2D eigenvalue weighted by molar-refractivity contribution is 7.47. The number of rotatable bonds is 62. The minimum Gasteiger partial charge on any atom is -0.456 e. The third kappa shape index (κ3) is 60.4. The number of likely N-dealkylation sites (N-methyl/N-ethyl adjacent to an activating group) is 1. The number of nitrogens with one attached hydrogen (secondary N) is 1. The zero-order valence-electron chi connectivity index (χ0n) is 53.1. The second kappa shape index (κ2) is 59.1. The zero-order chi connectivity index (χ0) is 57.9. The fourth-order valence-corrected chi connectivity index (χ4v) is 10.7. The maximum Gasteiger partial charge on any atom is 0.472 e. The predicted molar refractivity (Wildman–Crippen MR) is 342 cm³/mol. The lowest BCUT2D eigenvalue weighted by Gasteiger charge is -2.27. The molecule has 0 rings (SSSR count). The first-order chi connectivity index (χ1) is 38.4. The number of phosphoric acid groups is 1. The van der Waals surface area contributed by atoms with E-state index < -0.39 is 20.0 Å². The largest absolute Gasteiger partial charge is 0.472 e. The summed E-state index contributed by atoms with van der Waals surface area (Å²) < 4.78 is 30.8. The number of carbonyl (C=O) groups excluding carboxylic acids is 2. The molecule has 0 radical (unpaired) electrons. The molecule has 0 aromatic rings. The van der Waals surface area contributed by atoms with Crippen LogP contribution in [0.15, 0.2) is 48.6 Å². The van der Waals surface area contributed by atoms with E-state index in [0.29, 0.717) is 23.9 Å². The minimum absolute atomic E-state index is 0.0398. The van der Waals surface area contributed by atoms with Gasteiger partial charge in [0.1, 0.15) is 19.3 Å². The van der Waals surface area contributed by atoms with Gasteiger partial charge in [-0.05, 0) is 70.3 Å². The fourth-order valence-electron chi connectivity index (χ4n) is 10.0. The molecule has 0 aromatic carbocycles. The number of carbonyl (C=O) groups is 2. The summed E-state index contributed by atoms with van der Waals surface area (Å²) in [4.78, 5) is 37.8. The maximum atomic E-state index is 13.6. The fraction of sp³-hybridized carbons (Fsp3) is 0.855. The van der Waals surface area contributed by atoms with Crippen LogP contribution >= 0.6 is 7.82 Å². The molecule has 1 amide bonds. The molecule has 2 N–H and O–H groups in total. The first-order valence-corrected chi connectivity index (χ1v) is 35.5. The Labute approximate surface area is 490 Å². The predicted octanol–water partition coefficient (Wildman–Crippen LogP) is 21.2. The Kier molecular flexibility index (Phi) is 57.6.